The molecule has 2 rings (SSSR count). The second kappa shape index (κ2) is 4.28. The summed E-state index contributed by atoms with van der Waals surface area (Å²) in [5.74, 6) is 0.766. The Morgan fingerprint density at radius 2 is 2.31 bits per heavy atom. The van der Waals surface area contributed by atoms with Gasteiger partial charge in [-0.3, -0.25) is 9.67 Å². The molecule has 0 bridgehead atoms. The average Bonchev–Trinajstić information content (AvgIpc) is 2.64. The molecule has 0 saturated heterocycles. The lowest BCUT2D eigenvalue weighted by Gasteiger charge is -2.04. The predicted octanol–water partition coefficient (Wildman–Crippen LogP) is 1.19. The van der Waals surface area contributed by atoms with Crippen LogP contribution in [0.3, 0.4) is 0 Å². The summed E-state index contributed by atoms with van der Waals surface area (Å²) >= 11 is 4.86. The summed E-state index contributed by atoms with van der Waals surface area (Å²) in [6.07, 6.45) is 3.51. The van der Waals surface area contributed by atoms with Crippen molar-refractivity contribution in [3.8, 4) is 0 Å². The van der Waals surface area contributed by atoms with E-state index in [4.69, 9.17) is 18.0 Å². The molecular formula is C10H11N5S. The van der Waals surface area contributed by atoms with Crippen LogP contribution in [0.5, 0.6) is 0 Å². The summed E-state index contributed by atoms with van der Waals surface area (Å²) in [5, 5.41) is 7.33. The molecule has 0 aliphatic heterocycles. The molecule has 3 N–H and O–H groups in total. The van der Waals surface area contributed by atoms with Gasteiger partial charge in [-0.15, -0.1) is 0 Å². The van der Waals surface area contributed by atoms with Crippen LogP contribution < -0.4 is 11.1 Å². The van der Waals surface area contributed by atoms with E-state index in [1.165, 1.54) is 0 Å². The van der Waals surface area contributed by atoms with Gasteiger partial charge in [0.25, 0.3) is 0 Å². The summed E-state index contributed by atoms with van der Waals surface area (Å²) < 4.78 is 1.72. The SMILES string of the molecule is Cn1ccc(Nc2ccnc(C(N)=S)c2)n1. The first-order chi connectivity index (χ1) is 7.65. The van der Waals surface area contributed by atoms with Crippen molar-refractivity contribution in [2.45, 2.75) is 0 Å². The third-order valence-corrected chi connectivity index (χ3v) is 2.21. The maximum atomic E-state index is 5.50. The normalized spacial score (nSPS) is 10.1. The lowest BCUT2D eigenvalue weighted by atomic mass is 10.3. The van der Waals surface area contributed by atoms with Crippen molar-refractivity contribution < 1.29 is 0 Å². The summed E-state index contributed by atoms with van der Waals surface area (Å²) in [7, 11) is 1.86. The van der Waals surface area contributed by atoms with E-state index in [-0.39, 0.29) is 4.99 Å². The molecule has 0 aromatic carbocycles. The van der Waals surface area contributed by atoms with E-state index in [1.54, 1.807) is 16.9 Å². The maximum Gasteiger partial charge on any atom is 0.152 e. The number of hydrogen-bond donors (Lipinski definition) is 2. The zero-order valence-electron chi connectivity index (χ0n) is 8.71. The Morgan fingerprint density at radius 3 is 2.94 bits per heavy atom. The van der Waals surface area contributed by atoms with Crippen molar-refractivity contribution in [3.63, 3.8) is 0 Å². The second-order valence-electron chi connectivity index (χ2n) is 3.29. The topological polar surface area (TPSA) is 68.8 Å². The number of pyridine rings is 1. The standard InChI is InChI=1S/C10H11N5S/c1-15-5-3-9(14-15)13-7-2-4-12-8(6-7)10(11)16/h2-6H,1H3,(H2,11,16)(H,12,13,14). The van der Waals surface area contributed by atoms with Gasteiger partial charge in [-0.2, -0.15) is 5.10 Å². The fourth-order valence-electron chi connectivity index (χ4n) is 1.27. The zero-order valence-corrected chi connectivity index (χ0v) is 9.53. The van der Waals surface area contributed by atoms with Crippen LogP contribution in [0.1, 0.15) is 5.69 Å². The van der Waals surface area contributed by atoms with Gasteiger partial charge in [0.05, 0.1) is 5.69 Å². The number of anilines is 2. The van der Waals surface area contributed by atoms with Gasteiger partial charge in [-0.05, 0) is 12.1 Å². The third-order valence-electron chi connectivity index (χ3n) is 2.00. The monoisotopic (exact) mass is 233 g/mol. The maximum absolute atomic E-state index is 5.50. The highest BCUT2D eigenvalue weighted by Gasteiger charge is 2.01. The summed E-state index contributed by atoms with van der Waals surface area (Å²) in [6.45, 7) is 0. The fraction of sp³-hybridized carbons (Fsp3) is 0.100. The van der Waals surface area contributed by atoms with E-state index in [1.807, 2.05) is 25.4 Å². The molecule has 0 aliphatic rings. The van der Waals surface area contributed by atoms with Gasteiger partial charge in [-0.25, -0.2) is 0 Å². The Morgan fingerprint density at radius 1 is 1.50 bits per heavy atom. The number of rotatable bonds is 3. The minimum Gasteiger partial charge on any atom is -0.388 e. The molecule has 82 valence electrons. The van der Waals surface area contributed by atoms with Crippen molar-refractivity contribution in [2.75, 3.05) is 5.32 Å². The molecule has 0 unspecified atom stereocenters. The van der Waals surface area contributed by atoms with Crippen molar-refractivity contribution >= 4 is 28.7 Å². The predicted molar refractivity (Wildman–Crippen MR) is 66.6 cm³/mol. The molecule has 0 atom stereocenters. The lowest BCUT2D eigenvalue weighted by Crippen LogP contribution is -2.11. The van der Waals surface area contributed by atoms with Crippen LogP contribution >= 0.6 is 12.2 Å². The van der Waals surface area contributed by atoms with Crippen LogP contribution in [0.2, 0.25) is 0 Å². The highest BCUT2D eigenvalue weighted by molar-refractivity contribution is 7.80. The smallest absolute Gasteiger partial charge is 0.152 e. The minimum atomic E-state index is 0.282. The number of aromatic nitrogens is 3. The Kier molecular flexibility index (Phi) is 2.82. The highest BCUT2D eigenvalue weighted by Crippen LogP contribution is 2.14. The molecule has 2 aromatic heterocycles. The van der Waals surface area contributed by atoms with E-state index in [0.29, 0.717) is 5.69 Å². The number of nitrogens with two attached hydrogens (primary N) is 1. The molecule has 0 spiro atoms. The third kappa shape index (κ3) is 2.34. The fourth-order valence-corrected chi connectivity index (χ4v) is 1.38. The van der Waals surface area contributed by atoms with Crippen LogP contribution in [0.15, 0.2) is 30.6 Å². The van der Waals surface area contributed by atoms with Crippen molar-refractivity contribution in [1.82, 2.24) is 14.8 Å². The van der Waals surface area contributed by atoms with Gasteiger partial charge < -0.3 is 11.1 Å². The summed E-state index contributed by atoms with van der Waals surface area (Å²) in [4.78, 5) is 4.34. The molecule has 6 heteroatoms. The molecule has 0 radical (unpaired) electrons. The molecule has 0 aliphatic carbocycles. The first kappa shape index (κ1) is 10.6. The van der Waals surface area contributed by atoms with Gasteiger partial charge in [0.15, 0.2) is 5.82 Å². The first-order valence-electron chi connectivity index (χ1n) is 4.67. The lowest BCUT2D eigenvalue weighted by molar-refractivity contribution is 0.771. The van der Waals surface area contributed by atoms with Crippen LogP contribution in [-0.2, 0) is 7.05 Å². The Hall–Kier alpha value is -1.95. The average molecular weight is 233 g/mol. The summed E-state index contributed by atoms with van der Waals surface area (Å²) in [5.41, 5.74) is 6.95. The van der Waals surface area contributed by atoms with Gasteiger partial charge in [0.1, 0.15) is 4.99 Å². The molecule has 0 saturated carbocycles. The molecule has 5 nitrogen and oxygen atoms in total. The highest BCUT2D eigenvalue weighted by atomic mass is 32.1. The largest absolute Gasteiger partial charge is 0.388 e. The van der Waals surface area contributed by atoms with E-state index >= 15 is 0 Å². The van der Waals surface area contributed by atoms with Gasteiger partial charge in [0, 0.05) is 31.2 Å². The summed E-state index contributed by atoms with van der Waals surface area (Å²) in [6, 6.07) is 5.49. The number of nitrogens with one attached hydrogen (secondary N) is 1. The molecule has 2 aromatic rings. The Labute approximate surface area is 98.3 Å². The van der Waals surface area contributed by atoms with Crippen molar-refractivity contribution in [3.05, 3.63) is 36.3 Å². The number of nitrogens with zero attached hydrogens (tertiary/aromatic N) is 3. The second-order valence-corrected chi connectivity index (χ2v) is 3.73. The van der Waals surface area contributed by atoms with E-state index in [2.05, 4.69) is 15.4 Å². The van der Waals surface area contributed by atoms with Gasteiger partial charge in [0.2, 0.25) is 0 Å². The van der Waals surface area contributed by atoms with E-state index in [9.17, 15) is 0 Å². The zero-order chi connectivity index (χ0) is 11.5. The van der Waals surface area contributed by atoms with Crippen LogP contribution in [0.4, 0.5) is 11.5 Å². The minimum absolute atomic E-state index is 0.282. The van der Waals surface area contributed by atoms with Crippen molar-refractivity contribution in [2.24, 2.45) is 12.8 Å². The van der Waals surface area contributed by atoms with Crippen LogP contribution in [0, 0.1) is 0 Å². The number of thiocarbonyl (C=S) groups is 1. The number of aryl methyl sites for hydroxylation is 1. The molecule has 2 heterocycles. The Balaban J connectivity index is 2.21. The van der Waals surface area contributed by atoms with Crippen molar-refractivity contribution in [1.29, 1.82) is 0 Å². The van der Waals surface area contributed by atoms with Crippen LogP contribution in [-0.4, -0.2) is 19.8 Å². The molecule has 16 heavy (non-hydrogen) atoms. The molecule has 0 fully saturated rings. The van der Waals surface area contributed by atoms with Gasteiger partial charge >= 0.3 is 0 Å². The van der Waals surface area contributed by atoms with Crippen LogP contribution in [0.25, 0.3) is 0 Å². The van der Waals surface area contributed by atoms with E-state index < -0.39 is 0 Å². The molecular weight excluding hydrogens is 222 g/mol. The van der Waals surface area contributed by atoms with Gasteiger partial charge in [-0.1, -0.05) is 12.2 Å². The molecule has 0 amide bonds. The number of hydrogen-bond acceptors (Lipinski definition) is 4. The quantitative estimate of drug-likeness (QED) is 0.779. The van der Waals surface area contributed by atoms with E-state index in [0.717, 1.165) is 11.5 Å². The Bertz CT molecular complexity index is 519. The first-order valence-corrected chi connectivity index (χ1v) is 5.08.